The lowest BCUT2D eigenvalue weighted by Gasteiger charge is -2.58. The molecule has 5 nitrogen and oxygen atoms in total. The molecule has 0 aromatic rings. The van der Waals surface area contributed by atoms with Crippen LogP contribution in [0.5, 0.6) is 0 Å². The summed E-state index contributed by atoms with van der Waals surface area (Å²) in [5.41, 5.74) is 4.28. The van der Waals surface area contributed by atoms with E-state index in [1.807, 2.05) is 17.7 Å². The third kappa shape index (κ3) is 4.05. The van der Waals surface area contributed by atoms with Crippen LogP contribution in [-0.2, 0) is 13.5 Å². The van der Waals surface area contributed by atoms with Crippen LogP contribution in [0.25, 0.3) is 17.5 Å². The van der Waals surface area contributed by atoms with Gasteiger partial charge in [0.2, 0.25) is 0 Å². The van der Waals surface area contributed by atoms with Crippen LogP contribution < -0.4 is 11.2 Å². The molecule has 6 atom stereocenters. The minimum atomic E-state index is -0.566. The summed E-state index contributed by atoms with van der Waals surface area (Å²) < 4.78 is 1.97. The van der Waals surface area contributed by atoms with Crippen molar-refractivity contribution in [3.63, 3.8) is 0 Å². The summed E-state index contributed by atoms with van der Waals surface area (Å²) in [4.78, 5) is 31.1. The molecule has 6 aliphatic rings. The molecule has 0 radical (unpaired) electrons. The van der Waals surface area contributed by atoms with Gasteiger partial charge in [0.05, 0.1) is 5.56 Å². The largest absolute Gasteiger partial charge is 0.349 e. The van der Waals surface area contributed by atoms with Gasteiger partial charge in [0.15, 0.2) is 5.82 Å². The lowest BCUT2D eigenvalue weighted by Crippen LogP contribution is -2.51. The molecule has 2 aliphatic heterocycles. The van der Waals surface area contributed by atoms with Crippen LogP contribution in [0.4, 0.5) is 0 Å². The molecule has 0 saturated heterocycles. The van der Waals surface area contributed by atoms with Crippen LogP contribution in [0.3, 0.4) is 0 Å². The number of rotatable bonds is 7. The van der Waals surface area contributed by atoms with E-state index < -0.39 is 5.69 Å². The van der Waals surface area contributed by atoms with Crippen molar-refractivity contribution in [1.29, 1.82) is 0 Å². The predicted octanol–water partition coefficient (Wildman–Crippen LogP) is 7.12. The maximum atomic E-state index is 12.6. The fraction of sp³-hybridized carbons (Fsp3) is 0.727. The monoisotopic (exact) mass is 517 g/mol. The molecular weight excluding hydrogens is 470 g/mol. The summed E-state index contributed by atoms with van der Waals surface area (Å²) >= 11 is 0. The molecule has 6 rings (SSSR count). The summed E-state index contributed by atoms with van der Waals surface area (Å²) in [5.74, 6) is 3.84. The van der Waals surface area contributed by atoms with Gasteiger partial charge in [-0.15, -0.1) is 0 Å². The predicted molar refractivity (Wildman–Crippen MR) is 154 cm³/mol. The summed E-state index contributed by atoms with van der Waals surface area (Å²) in [6, 6.07) is 2.02. The highest BCUT2D eigenvalue weighted by Crippen LogP contribution is 2.67. The van der Waals surface area contributed by atoms with E-state index in [0.717, 1.165) is 35.8 Å². The highest BCUT2D eigenvalue weighted by molar-refractivity contribution is 5.67. The molecule has 38 heavy (non-hydrogen) atoms. The molecule has 0 bridgehead atoms. The van der Waals surface area contributed by atoms with Gasteiger partial charge in [0.25, 0.3) is 5.56 Å². The van der Waals surface area contributed by atoms with Gasteiger partial charge in [0, 0.05) is 12.7 Å². The molecule has 0 aromatic carbocycles. The first-order valence-electron chi connectivity index (χ1n) is 15.6. The molecule has 0 amide bonds. The molecule has 4 aliphatic carbocycles. The molecule has 0 spiro atoms. The number of H-pyrrole nitrogens is 1. The molecule has 2 heterocycles. The summed E-state index contributed by atoms with van der Waals surface area (Å²) in [7, 11) is 1.95. The Morgan fingerprint density at radius 3 is 2.63 bits per heavy atom. The van der Waals surface area contributed by atoms with Crippen molar-refractivity contribution in [2.24, 2.45) is 41.5 Å². The second kappa shape index (κ2) is 9.78. The maximum Gasteiger partial charge on any atom is 0.349 e. The number of nitrogens with zero attached hydrogens (tertiary/aromatic N) is 2. The Balaban J connectivity index is 1.24. The Bertz CT molecular complexity index is 1320. The van der Waals surface area contributed by atoms with Crippen molar-refractivity contribution >= 4 is 6.08 Å². The number of allylic oxidation sites excluding steroid dienone is 1. The number of pyridine rings is 1. The van der Waals surface area contributed by atoms with Crippen molar-refractivity contribution in [3.05, 3.63) is 43.7 Å². The van der Waals surface area contributed by atoms with E-state index in [0.29, 0.717) is 16.8 Å². The lowest BCUT2D eigenvalue weighted by molar-refractivity contribution is -0.0478. The Hall–Kier alpha value is -2.17. The van der Waals surface area contributed by atoms with Gasteiger partial charge in [-0.25, -0.2) is 4.79 Å². The number of aromatic nitrogens is 3. The summed E-state index contributed by atoms with van der Waals surface area (Å²) in [6.45, 7) is 7.50. The van der Waals surface area contributed by atoms with Crippen LogP contribution in [0, 0.1) is 34.5 Å². The Kier molecular flexibility index (Phi) is 6.71. The number of aromatic amines is 1. The van der Waals surface area contributed by atoms with E-state index in [4.69, 9.17) is 0 Å². The van der Waals surface area contributed by atoms with Gasteiger partial charge in [0.1, 0.15) is 0 Å². The third-order valence-electron chi connectivity index (χ3n) is 11.9. The standard InChI is InChI=1S/C33H47N3O2/c1-5-6-7-8-9-10-11-22-13-15-26-24-14-12-23-19-28-21(20-33(23,3)27(24)16-17-32(22,26)2)18-25-29(36(28)4)34-31(38)35-30(25)37/h18-19,22,24,26-27H,5-17,20H2,1-4H3,(H,35,37,38)/t22-,24-,26-,27-,32+,33-/m0/s1. The van der Waals surface area contributed by atoms with Gasteiger partial charge >= 0.3 is 5.69 Å². The Labute approximate surface area is 227 Å². The minimum Gasteiger partial charge on any atom is -0.328 e. The van der Waals surface area contributed by atoms with Crippen LogP contribution in [0.15, 0.2) is 21.2 Å². The van der Waals surface area contributed by atoms with Gasteiger partial charge in [-0.3, -0.25) is 9.78 Å². The number of fused-ring (bicyclic) bond motifs is 7. The van der Waals surface area contributed by atoms with E-state index in [-0.39, 0.29) is 11.0 Å². The lowest BCUT2D eigenvalue weighted by atomic mass is 9.46. The number of nitrogens with one attached hydrogen (secondary N) is 1. The zero-order valence-corrected chi connectivity index (χ0v) is 24.1. The zero-order chi connectivity index (χ0) is 26.7. The fourth-order valence-electron chi connectivity index (χ4n) is 9.87. The molecule has 3 fully saturated rings. The SMILES string of the molecule is CCCCCCCC[C@H]1CC[C@H]2[C@@H]3CCC4=Cc5c(cc6c(=O)[nH]c(=O)nc-6n5C)C[C@]4(C)[C@H]3CC[C@]12C. The number of hydrogen-bond acceptors (Lipinski definition) is 3. The van der Waals surface area contributed by atoms with Gasteiger partial charge in [-0.2, -0.15) is 4.98 Å². The van der Waals surface area contributed by atoms with E-state index >= 15 is 0 Å². The average Bonchev–Trinajstić information content (AvgIpc) is 3.22. The van der Waals surface area contributed by atoms with Crippen molar-refractivity contribution in [2.45, 2.75) is 111 Å². The quantitative estimate of drug-likeness (QED) is 0.398. The van der Waals surface area contributed by atoms with Crippen LogP contribution >= 0.6 is 0 Å². The second-order valence-electron chi connectivity index (χ2n) is 13.8. The highest BCUT2D eigenvalue weighted by atomic mass is 16.2. The fourth-order valence-corrected chi connectivity index (χ4v) is 9.87. The van der Waals surface area contributed by atoms with Gasteiger partial charge < -0.3 is 4.57 Å². The summed E-state index contributed by atoms with van der Waals surface area (Å²) in [6.07, 6.45) is 21.4. The van der Waals surface area contributed by atoms with Crippen molar-refractivity contribution in [3.8, 4) is 11.4 Å². The third-order valence-corrected chi connectivity index (χ3v) is 11.9. The first-order valence-corrected chi connectivity index (χ1v) is 15.6. The molecule has 0 aromatic heterocycles. The second-order valence-corrected chi connectivity index (χ2v) is 13.8. The average molecular weight is 518 g/mol. The van der Waals surface area contributed by atoms with Crippen LogP contribution in [-0.4, -0.2) is 14.5 Å². The minimum absolute atomic E-state index is 0.161. The number of hydrogen-bond donors (Lipinski definition) is 1. The first kappa shape index (κ1) is 26.1. The maximum absolute atomic E-state index is 12.6. The smallest absolute Gasteiger partial charge is 0.328 e. The van der Waals surface area contributed by atoms with E-state index in [2.05, 4.69) is 36.8 Å². The van der Waals surface area contributed by atoms with E-state index in [1.54, 1.807) is 5.57 Å². The first-order chi connectivity index (χ1) is 18.3. The molecule has 1 N–H and O–H groups in total. The Morgan fingerprint density at radius 1 is 1.03 bits per heavy atom. The van der Waals surface area contributed by atoms with E-state index in [9.17, 15) is 9.59 Å². The van der Waals surface area contributed by atoms with Gasteiger partial charge in [-0.1, -0.05) is 64.9 Å². The van der Waals surface area contributed by atoms with Crippen molar-refractivity contribution < 1.29 is 0 Å². The molecular formula is C33H47N3O2. The Morgan fingerprint density at radius 2 is 1.82 bits per heavy atom. The summed E-state index contributed by atoms with van der Waals surface area (Å²) in [5, 5.41) is 0. The molecule has 206 valence electrons. The van der Waals surface area contributed by atoms with E-state index in [1.165, 1.54) is 89.0 Å². The normalized spacial score (nSPS) is 33.8. The number of unbranched alkanes of at least 4 members (excludes halogenated alkanes) is 5. The topological polar surface area (TPSA) is 67.8 Å². The molecule has 3 saturated carbocycles. The molecule has 0 unspecified atom stereocenters. The zero-order valence-electron chi connectivity index (χ0n) is 24.1. The van der Waals surface area contributed by atoms with Crippen molar-refractivity contribution in [1.82, 2.24) is 14.5 Å². The van der Waals surface area contributed by atoms with Crippen molar-refractivity contribution in [2.75, 3.05) is 0 Å². The molecule has 5 heteroatoms. The van der Waals surface area contributed by atoms with Crippen LogP contribution in [0.2, 0.25) is 0 Å². The van der Waals surface area contributed by atoms with Gasteiger partial charge in [-0.05, 0) is 104 Å². The highest BCUT2D eigenvalue weighted by Gasteiger charge is 2.58. The van der Waals surface area contributed by atoms with Crippen LogP contribution in [0.1, 0.15) is 115 Å².